The molecule has 5 rings (SSSR count). The Balaban J connectivity index is 1.71. The molecule has 0 bridgehead atoms. The number of pyridine rings is 3. The zero-order valence-corrected chi connectivity index (χ0v) is 15.4. The van der Waals surface area contributed by atoms with Crippen molar-refractivity contribution in [2.75, 3.05) is 0 Å². The van der Waals surface area contributed by atoms with Gasteiger partial charge in [-0.05, 0) is 30.3 Å². The summed E-state index contributed by atoms with van der Waals surface area (Å²) in [6.45, 7) is 0. The highest BCUT2D eigenvalue weighted by atomic mass is 35.5. The summed E-state index contributed by atoms with van der Waals surface area (Å²) < 4.78 is 5.64. The van der Waals surface area contributed by atoms with Crippen molar-refractivity contribution in [3.63, 3.8) is 0 Å². The van der Waals surface area contributed by atoms with Crippen LogP contribution in [0.5, 0.6) is 0 Å². The van der Waals surface area contributed by atoms with Crippen LogP contribution in [0.25, 0.3) is 43.5 Å². The third-order valence-electron chi connectivity index (χ3n) is 4.09. The van der Waals surface area contributed by atoms with Crippen LogP contribution in [-0.4, -0.2) is 19.9 Å². The summed E-state index contributed by atoms with van der Waals surface area (Å²) in [6.07, 6.45) is 6.88. The van der Waals surface area contributed by atoms with E-state index in [4.69, 9.17) is 21.0 Å². The molecule has 27 heavy (non-hydrogen) atoms. The minimum atomic E-state index is 0.409. The molecule has 0 radical (unpaired) electrons. The number of halogens is 1. The maximum atomic E-state index is 6.49. The van der Waals surface area contributed by atoms with E-state index in [0.717, 1.165) is 43.5 Å². The second-order valence-corrected chi connectivity index (χ2v) is 7.14. The quantitative estimate of drug-likeness (QED) is 0.393. The Labute approximate surface area is 163 Å². The van der Waals surface area contributed by atoms with Gasteiger partial charge in [0.05, 0.1) is 28.2 Å². The number of hydrogen-bond donors (Lipinski definition) is 0. The molecule has 5 aromatic heterocycles. The zero-order valence-electron chi connectivity index (χ0n) is 13.8. The molecule has 0 N–H and O–H groups in total. The number of nitrogens with zero attached hydrogens (tertiary/aromatic N) is 4. The van der Waals surface area contributed by atoms with Gasteiger partial charge in [-0.3, -0.25) is 9.97 Å². The maximum absolute atomic E-state index is 6.49. The SMILES string of the molecule is Clc1nc(-c2cccnc2)sc1-c1nc(-c2ccccn2)cc2occc12. The van der Waals surface area contributed by atoms with Crippen molar-refractivity contribution in [3.05, 3.63) is 72.5 Å². The number of rotatable bonds is 3. The normalized spacial score (nSPS) is 11.1. The molecular weight excluding hydrogens is 380 g/mol. The lowest BCUT2D eigenvalue weighted by molar-refractivity contribution is 0.616. The molecule has 0 aliphatic rings. The fourth-order valence-corrected chi connectivity index (χ4v) is 4.14. The molecule has 7 heteroatoms. The molecule has 0 aromatic carbocycles. The molecule has 0 aliphatic carbocycles. The molecule has 5 nitrogen and oxygen atoms in total. The Bertz CT molecular complexity index is 1240. The van der Waals surface area contributed by atoms with Crippen molar-refractivity contribution >= 4 is 33.9 Å². The summed E-state index contributed by atoms with van der Waals surface area (Å²) in [5.74, 6) is 0. The molecule has 0 unspecified atom stereocenters. The van der Waals surface area contributed by atoms with Crippen LogP contribution in [0.1, 0.15) is 0 Å². The lowest BCUT2D eigenvalue weighted by Gasteiger charge is -2.04. The lowest BCUT2D eigenvalue weighted by atomic mass is 10.1. The fourth-order valence-electron chi connectivity index (χ4n) is 2.84. The van der Waals surface area contributed by atoms with Crippen molar-refractivity contribution < 1.29 is 4.42 Å². The van der Waals surface area contributed by atoms with Crippen molar-refractivity contribution in [1.29, 1.82) is 0 Å². The van der Waals surface area contributed by atoms with Crippen LogP contribution in [-0.2, 0) is 0 Å². The van der Waals surface area contributed by atoms with Crippen LogP contribution in [0.3, 0.4) is 0 Å². The Kier molecular flexibility index (Phi) is 3.92. The summed E-state index contributed by atoms with van der Waals surface area (Å²) >= 11 is 7.97. The lowest BCUT2D eigenvalue weighted by Crippen LogP contribution is -1.90. The van der Waals surface area contributed by atoms with E-state index in [9.17, 15) is 0 Å². The minimum absolute atomic E-state index is 0.409. The van der Waals surface area contributed by atoms with Gasteiger partial charge in [-0.15, -0.1) is 11.3 Å². The van der Waals surface area contributed by atoms with Crippen molar-refractivity contribution in [2.45, 2.75) is 0 Å². The zero-order chi connectivity index (χ0) is 18.2. The Morgan fingerprint density at radius 2 is 1.93 bits per heavy atom. The molecule has 0 saturated heterocycles. The highest BCUT2D eigenvalue weighted by molar-refractivity contribution is 7.19. The average Bonchev–Trinajstić information content (AvgIpc) is 3.35. The molecule has 0 spiro atoms. The van der Waals surface area contributed by atoms with Gasteiger partial charge in [-0.2, -0.15) is 0 Å². The van der Waals surface area contributed by atoms with Gasteiger partial charge < -0.3 is 4.42 Å². The highest BCUT2D eigenvalue weighted by Gasteiger charge is 2.19. The second-order valence-electron chi connectivity index (χ2n) is 5.78. The number of furan rings is 1. The van der Waals surface area contributed by atoms with Crippen molar-refractivity contribution in [3.8, 4) is 32.5 Å². The van der Waals surface area contributed by atoms with E-state index >= 15 is 0 Å². The maximum Gasteiger partial charge on any atom is 0.150 e. The summed E-state index contributed by atoms with van der Waals surface area (Å²) in [5, 5.41) is 2.09. The van der Waals surface area contributed by atoms with E-state index in [1.54, 1.807) is 24.9 Å². The van der Waals surface area contributed by atoms with Gasteiger partial charge in [0.25, 0.3) is 0 Å². The average molecular weight is 391 g/mol. The van der Waals surface area contributed by atoms with Gasteiger partial charge in [0, 0.05) is 35.6 Å². The smallest absolute Gasteiger partial charge is 0.150 e. The van der Waals surface area contributed by atoms with Crippen LogP contribution in [0.15, 0.2) is 71.7 Å². The number of thiazole rings is 1. The second kappa shape index (κ2) is 6.57. The molecule has 5 aromatic rings. The van der Waals surface area contributed by atoms with Gasteiger partial charge in [0.1, 0.15) is 15.7 Å². The molecule has 0 atom stereocenters. The molecular formula is C20H11ClN4OS. The van der Waals surface area contributed by atoms with Crippen molar-refractivity contribution in [1.82, 2.24) is 19.9 Å². The number of fused-ring (bicyclic) bond motifs is 1. The van der Waals surface area contributed by atoms with Crippen LogP contribution in [0.4, 0.5) is 0 Å². The number of hydrogen-bond acceptors (Lipinski definition) is 6. The third kappa shape index (κ3) is 2.89. The first-order chi connectivity index (χ1) is 13.3. The summed E-state index contributed by atoms with van der Waals surface area (Å²) in [4.78, 5) is 18.7. The first-order valence-corrected chi connectivity index (χ1v) is 9.36. The largest absolute Gasteiger partial charge is 0.464 e. The topological polar surface area (TPSA) is 64.7 Å². The number of aromatic nitrogens is 4. The van der Waals surface area contributed by atoms with Crippen LogP contribution < -0.4 is 0 Å². The molecule has 0 fully saturated rings. The summed E-state index contributed by atoms with van der Waals surface area (Å²) in [6, 6.07) is 13.3. The van der Waals surface area contributed by atoms with Gasteiger partial charge in [0.2, 0.25) is 0 Å². The van der Waals surface area contributed by atoms with Crippen molar-refractivity contribution in [2.24, 2.45) is 0 Å². The van der Waals surface area contributed by atoms with Crippen LogP contribution >= 0.6 is 22.9 Å². The van der Waals surface area contributed by atoms with Gasteiger partial charge >= 0.3 is 0 Å². The summed E-state index contributed by atoms with van der Waals surface area (Å²) in [5.41, 5.74) is 3.87. The van der Waals surface area contributed by atoms with E-state index in [1.165, 1.54) is 11.3 Å². The van der Waals surface area contributed by atoms with E-state index in [1.807, 2.05) is 42.5 Å². The van der Waals surface area contributed by atoms with Gasteiger partial charge in [-0.25, -0.2) is 9.97 Å². The monoisotopic (exact) mass is 390 g/mol. The molecule has 0 amide bonds. The minimum Gasteiger partial charge on any atom is -0.464 e. The van der Waals surface area contributed by atoms with Gasteiger partial charge in [0.15, 0.2) is 0 Å². The first-order valence-electron chi connectivity index (χ1n) is 8.16. The third-order valence-corrected chi connectivity index (χ3v) is 5.58. The Morgan fingerprint density at radius 3 is 2.74 bits per heavy atom. The summed E-state index contributed by atoms with van der Waals surface area (Å²) in [7, 11) is 0. The van der Waals surface area contributed by atoms with E-state index in [-0.39, 0.29) is 0 Å². The molecule has 0 saturated carbocycles. The fraction of sp³-hybridized carbons (Fsp3) is 0. The highest BCUT2D eigenvalue weighted by Crippen LogP contribution is 2.41. The first kappa shape index (κ1) is 16.1. The standard InChI is InChI=1S/C20H11ClN4OS/c21-19-18(27-20(25-19)12-4-3-7-22-11-12)17-13-6-9-26-16(13)10-15(24-17)14-5-1-2-8-23-14/h1-11H. The molecule has 0 aliphatic heterocycles. The van der Waals surface area contributed by atoms with E-state index in [2.05, 4.69) is 15.0 Å². The Morgan fingerprint density at radius 1 is 0.963 bits per heavy atom. The van der Waals surface area contributed by atoms with E-state index in [0.29, 0.717) is 5.15 Å². The predicted molar refractivity (Wildman–Crippen MR) is 107 cm³/mol. The van der Waals surface area contributed by atoms with Gasteiger partial charge in [-0.1, -0.05) is 17.7 Å². The van der Waals surface area contributed by atoms with Crippen LogP contribution in [0.2, 0.25) is 5.15 Å². The Hall–Kier alpha value is -3.09. The predicted octanol–water partition coefficient (Wildman–Crippen LogP) is 5.73. The van der Waals surface area contributed by atoms with E-state index < -0.39 is 0 Å². The molecule has 5 heterocycles. The molecule has 130 valence electrons. The van der Waals surface area contributed by atoms with Crippen LogP contribution in [0, 0.1) is 0 Å².